The fraction of sp³-hybridized carbons (Fsp3) is 0.571. The first-order valence-corrected chi connectivity index (χ1v) is 3.40. The number of nitrogens with two attached hydrogens (primary N) is 1. The summed E-state index contributed by atoms with van der Waals surface area (Å²) in [6.45, 7) is 3.36. The van der Waals surface area contributed by atoms with Crippen molar-refractivity contribution < 1.29 is 13.2 Å². The molecule has 2 N–H and O–H groups in total. The molecule has 0 fully saturated rings. The van der Waals surface area contributed by atoms with E-state index < -0.39 is 11.7 Å². The first kappa shape index (κ1) is 11.0. The molecule has 0 saturated carbocycles. The number of aliphatic imine (C=N–C) groups is 1. The minimum Gasteiger partial charge on any atom is -0.404 e. The van der Waals surface area contributed by atoms with E-state index in [1.165, 1.54) is 0 Å². The molecule has 0 aliphatic carbocycles. The molecule has 0 aliphatic rings. The van der Waals surface area contributed by atoms with Crippen LogP contribution in [-0.2, 0) is 0 Å². The van der Waals surface area contributed by atoms with E-state index in [0.29, 0.717) is 6.20 Å². The van der Waals surface area contributed by atoms with Crippen molar-refractivity contribution in [2.75, 3.05) is 0 Å². The van der Waals surface area contributed by atoms with Crippen LogP contribution in [0.4, 0.5) is 13.2 Å². The van der Waals surface area contributed by atoms with Gasteiger partial charge in [0, 0.05) is 18.5 Å². The molecule has 0 radical (unpaired) electrons. The van der Waals surface area contributed by atoms with E-state index in [1.54, 1.807) is 13.8 Å². The molecule has 0 amide bonds. The standard InChI is InChI=1S/C7H11F3N2/c1-5(2)12-4-6(3-11)7(8,9)10/h3-5H,11H2,1-2H3/b6-3+,12-4?. The second kappa shape index (κ2) is 4.13. The van der Waals surface area contributed by atoms with Gasteiger partial charge in [0.2, 0.25) is 0 Å². The Morgan fingerprint density at radius 3 is 2.17 bits per heavy atom. The summed E-state index contributed by atoms with van der Waals surface area (Å²) in [5, 5.41) is 0. The highest BCUT2D eigenvalue weighted by Gasteiger charge is 2.32. The molecule has 5 heteroatoms. The van der Waals surface area contributed by atoms with Crippen LogP contribution in [0.3, 0.4) is 0 Å². The van der Waals surface area contributed by atoms with Crippen LogP contribution in [0.1, 0.15) is 13.8 Å². The molecule has 0 saturated heterocycles. The van der Waals surface area contributed by atoms with Crippen molar-refractivity contribution in [3.8, 4) is 0 Å². The normalized spacial score (nSPS) is 14.7. The van der Waals surface area contributed by atoms with E-state index in [4.69, 9.17) is 5.73 Å². The third-order valence-corrected chi connectivity index (χ3v) is 1.02. The van der Waals surface area contributed by atoms with Gasteiger partial charge in [-0.1, -0.05) is 0 Å². The number of halogens is 3. The van der Waals surface area contributed by atoms with Crippen LogP contribution < -0.4 is 5.73 Å². The second-order valence-electron chi connectivity index (χ2n) is 2.49. The number of rotatable bonds is 2. The van der Waals surface area contributed by atoms with Gasteiger partial charge in [0.1, 0.15) is 0 Å². The Balaban J connectivity index is 4.42. The SMILES string of the molecule is CC(C)N=C/C(=C\N)C(F)(F)F. The zero-order valence-corrected chi connectivity index (χ0v) is 6.89. The monoisotopic (exact) mass is 180 g/mol. The first-order chi connectivity index (χ1) is 5.38. The molecular weight excluding hydrogens is 169 g/mol. The van der Waals surface area contributed by atoms with Crippen molar-refractivity contribution in [1.82, 2.24) is 0 Å². The quantitative estimate of drug-likeness (QED) is 0.647. The van der Waals surface area contributed by atoms with Crippen LogP contribution in [0.5, 0.6) is 0 Å². The van der Waals surface area contributed by atoms with E-state index in [-0.39, 0.29) is 6.04 Å². The number of allylic oxidation sites excluding steroid dienone is 1. The van der Waals surface area contributed by atoms with Gasteiger partial charge in [-0.15, -0.1) is 0 Å². The van der Waals surface area contributed by atoms with Crippen molar-refractivity contribution in [2.24, 2.45) is 10.7 Å². The van der Waals surface area contributed by atoms with E-state index in [0.717, 1.165) is 6.21 Å². The lowest BCUT2D eigenvalue weighted by Gasteiger charge is -2.05. The van der Waals surface area contributed by atoms with Crippen LogP contribution in [0, 0.1) is 0 Å². The van der Waals surface area contributed by atoms with E-state index in [2.05, 4.69) is 4.99 Å². The summed E-state index contributed by atoms with van der Waals surface area (Å²) in [5.41, 5.74) is 3.85. The zero-order valence-electron chi connectivity index (χ0n) is 6.89. The predicted molar refractivity (Wildman–Crippen MR) is 42.0 cm³/mol. The Labute approximate surface area is 69.0 Å². The Kier molecular flexibility index (Phi) is 3.79. The lowest BCUT2D eigenvalue weighted by Crippen LogP contribution is -2.15. The molecular formula is C7H11F3N2. The van der Waals surface area contributed by atoms with Gasteiger partial charge < -0.3 is 5.73 Å². The van der Waals surface area contributed by atoms with Gasteiger partial charge in [-0.05, 0) is 13.8 Å². The number of nitrogens with zero attached hydrogens (tertiary/aromatic N) is 1. The average molecular weight is 180 g/mol. The summed E-state index contributed by atoms with van der Waals surface area (Å²) in [7, 11) is 0. The lowest BCUT2D eigenvalue weighted by atomic mass is 10.3. The molecule has 0 atom stereocenters. The molecule has 0 aromatic heterocycles. The van der Waals surface area contributed by atoms with Gasteiger partial charge >= 0.3 is 6.18 Å². The highest BCUT2D eigenvalue weighted by Crippen LogP contribution is 2.23. The molecule has 12 heavy (non-hydrogen) atoms. The van der Waals surface area contributed by atoms with Crippen molar-refractivity contribution in [1.29, 1.82) is 0 Å². The van der Waals surface area contributed by atoms with Crippen LogP contribution in [0.2, 0.25) is 0 Å². The van der Waals surface area contributed by atoms with Crippen molar-refractivity contribution in [3.05, 3.63) is 11.8 Å². The maximum atomic E-state index is 11.9. The summed E-state index contributed by atoms with van der Waals surface area (Å²) in [5.74, 6) is 0. The topological polar surface area (TPSA) is 38.4 Å². The van der Waals surface area contributed by atoms with Gasteiger partial charge in [-0.25, -0.2) is 0 Å². The fourth-order valence-electron chi connectivity index (χ4n) is 0.440. The zero-order chi connectivity index (χ0) is 9.78. The van der Waals surface area contributed by atoms with Crippen molar-refractivity contribution in [2.45, 2.75) is 26.1 Å². The Hall–Kier alpha value is -1.00. The second-order valence-corrected chi connectivity index (χ2v) is 2.49. The summed E-state index contributed by atoms with van der Waals surface area (Å²) in [6.07, 6.45) is -3.16. The highest BCUT2D eigenvalue weighted by molar-refractivity contribution is 5.80. The molecule has 0 aromatic carbocycles. The summed E-state index contributed by atoms with van der Waals surface area (Å²) >= 11 is 0. The molecule has 0 bridgehead atoms. The van der Waals surface area contributed by atoms with Gasteiger partial charge in [-0.3, -0.25) is 4.99 Å². The van der Waals surface area contributed by atoms with E-state index >= 15 is 0 Å². The minimum atomic E-state index is -4.41. The number of hydrogen-bond donors (Lipinski definition) is 1. The summed E-state index contributed by atoms with van der Waals surface area (Å²) in [6, 6.07) is -0.165. The molecule has 0 aromatic rings. The third-order valence-electron chi connectivity index (χ3n) is 1.02. The summed E-state index contributed by atoms with van der Waals surface area (Å²) in [4.78, 5) is 3.57. The molecule has 0 heterocycles. The fourth-order valence-corrected chi connectivity index (χ4v) is 0.440. The van der Waals surface area contributed by atoms with Crippen LogP contribution in [0.15, 0.2) is 16.8 Å². The van der Waals surface area contributed by atoms with Crippen LogP contribution >= 0.6 is 0 Å². The Morgan fingerprint density at radius 1 is 1.42 bits per heavy atom. The molecule has 70 valence electrons. The van der Waals surface area contributed by atoms with Gasteiger partial charge in [0.15, 0.2) is 0 Å². The number of hydrogen-bond acceptors (Lipinski definition) is 2. The van der Waals surface area contributed by atoms with Crippen molar-refractivity contribution in [3.63, 3.8) is 0 Å². The van der Waals surface area contributed by atoms with Crippen molar-refractivity contribution >= 4 is 6.21 Å². The van der Waals surface area contributed by atoms with Crippen LogP contribution in [-0.4, -0.2) is 18.4 Å². The van der Waals surface area contributed by atoms with Crippen LogP contribution in [0.25, 0.3) is 0 Å². The molecule has 2 nitrogen and oxygen atoms in total. The van der Waals surface area contributed by atoms with Gasteiger partial charge in [0.25, 0.3) is 0 Å². The highest BCUT2D eigenvalue weighted by atomic mass is 19.4. The Morgan fingerprint density at radius 2 is 1.92 bits per heavy atom. The van der Waals surface area contributed by atoms with Gasteiger partial charge in [-0.2, -0.15) is 13.2 Å². The maximum Gasteiger partial charge on any atom is 0.419 e. The van der Waals surface area contributed by atoms with E-state index in [9.17, 15) is 13.2 Å². The van der Waals surface area contributed by atoms with E-state index in [1.807, 2.05) is 0 Å². The molecule has 0 aliphatic heterocycles. The molecule has 0 spiro atoms. The molecule has 0 unspecified atom stereocenters. The lowest BCUT2D eigenvalue weighted by molar-refractivity contribution is -0.0857. The third kappa shape index (κ3) is 4.00. The Bertz CT molecular complexity index is 191. The largest absolute Gasteiger partial charge is 0.419 e. The average Bonchev–Trinajstić information content (AvgIpc) is 1.85. The first-order valence-electron chi connectivity index (χ1n) is 3.40. The number of alkyl halides is 3. The molecule has 0 rings (SSSR count). The predicted octanol–water partition coefficient (Wildman–Crippen LogP) is 1.87. The smallest absolute Gasteiger partial charge is 0.404 e. The maximum absolute atomic E-state index is 11.9. The minimum absolute atomic E-state index is 0.165. The summed E-state index contributed by atoms with van der Waals surface area (Å²) < 4.78 is 35.8. The van der Waals surface area contributed by atoms with Gasteiger partial charge in [0.05, 0.1) is 5.57 Å².